The molecule has 2 N–H and O–H groups in total. The van der Waals surface area contributed by atoms with Gasteiger partial charge in [0.1, 0.15) is 49.5 Å². The number of aromatic hydroxyl groups is 2. The molecule has 2 atom stereocenters. The number of halogens is 4. The van der Waals surface area contributed by atoms with Crippen LogP contribution in [-0.4, -0.2) is 68.2 Å². The molecule has 0 amide bonds. The van der Waals surface area contributed by atoms with Gasteiger partial charge in [0.15, 0.2) is 38.4 Å². The molecular formula is C106H132F4O13S2. The summed E-state index contributed by atoms with van der Waals surface area (Å²) in [5.74, 6) is -3.08. The first-order valence-corrected chi connectivity index (χ1v) is 46.9. The smallest absolute Gasteiger partial charge is 0.308 e. The summed E-state index contributed by atoms with van der Waals surface area (Å²) in [6, 6.07) is 78.4. The Bertz CT molecular complexity index is 4690. The first-order valence-electron chi connectivity index (χ1n) is 44.3. The number of aryl methyl sites for hydroxylation is 6. The van der Waals surface area contributed by atoms with Gasteiger partial charge in [-0.2, -0.15) is 8.78 Å². The molecule has 0 aromatic heterocycles. The minimum atomic E-state index is -5.75. The monoisotopic (exact) mass is 1750 g/mol. The van der Waals surface area contributed by atoms with E-state index in [4.69, 9.17) is 38.6 Å². The molecule has 19 heteroatoms. The Morgan fingerprint density at radius 2 is 0.800 bits per heavy atom. The molecule has 2 unspecified atom stereocenters. The summed E-state index contributed by atoms with van der Waals surface area (Å²) >= 11 is 0. The van der Waals surface area contributed by atoms with Crippen LogP contribution in [0.1, 0.15) is 207 Å². The predicted octanol–water partition coefficient (Wildman–Crippen LogP) is 26.6. The van der Waals surface area contributed by atoms with E-state index in [9.17, 15) is 35.3 Å². The van der Waals surface area contributed by atoms with Crippen molar-refractivity contribution in [2.75, 3.05) is 20.3 Å². The number of carbonyl (C=O) groups is 1. The molecule has 0 heterocycles. The lowest BCUT2D eigenvalue weighted by Gasteiger charge is -2.57. The van der Waals surface area contributed by atoms with E-state index in [0.29, 0.717) is 39.9 Å². The molecule has 10 aromatic carbocycles. The number of benzene rings is 10. The zero-order chi connectivity index (χ0) is 90.7. The van der Waals surface area contributed by atoms with Crippen molar-refractivity contribution in [1.82, 2.24) is 0 Å². The van der Waals surface area contributed by atoms with Crippen molar-refractivity contribution >= 4 is 27.0 Å². The van der Waals surface area contributed by atoms with Gasteiger partial charge >= 0.3 is 5.97 Å². The first-order chi connectivity index (χ1) is 59.7. The summed E-state index contributed by atoms with van der Waals surface area (Å²) in [5.41, 5.74) is 8.65. The number of methoxy groups -OCH3 is 1. The maximum Gasteiger partial charge on any atom is 0.308 e. The maximum absolute atomic E-state index is 13.7. The average molecular weight is 1750 g/mol. The lowest BCUT2D eigenvalue weighted by atomic mass is 9.49. The summed E-state index contributed by atoms with van der Waals surface area (Å²) in [5, 5.41) is 17.7. The number of carbonyl (C=O) groups excluding carboxylic acids is 1. The van der Waals surface area contributed by atoms with Gasteiger partial charge in [-0.05, 0) is 285 Å². The Balaban J connectivity index is 0.000000187. The van der Waals surface area contributed by atoms with Gasteiger partial charge in [-0.25, -0.2) is 17.2 Å². The van der Waals surface area contributed by atoms with E-state index in [1.807, 2.05) is 55.5 Å². The molecular weight excluding hydrogens is 1620 g/mol. The van der Waals surface area contributed by atoms with Gasteiger partial charge in [-0.1, -0.05) is 210 Å². The van der Waals surface area contributed by atoms with Crippen LogP contribution in [0.2, 0.25) is 0 Å². The number of phenolic OH excluding ortho intramolecular Hbond substituents is 2. The normalized spacial score (nSPS) is 17.8. The van der Waals surface area contributed by atoms with Crippen LogP contribution in [0.15, 0.2) is 256 Å². The van der Waals surface area contributed by atoms with Gasteiger partial charge in [0.2, 0.25) is 17.9 Å². The molecule has 0 spiro atoms. The van der Waals surface area contributed by atoms with Crippen LogP contribution >= 0.6 is 0 Å². The second kappa shape index (κ2) is 50.1. The summed E-state index contributed by atoms with van der Waals surface area (Å²) in [4.78, 5) is 12.4. The van der Waals surface area contributed by atoms with Crippen molar-refractivity contribution < 1.29 is 78.7 Å². The van der Waals surface area contributed by atoms with Gasteiger partial charge < -0.3 is 47.9 Å². The minimum Gasteiger partial charge on any atom is -0.744 e. The molecule has 125 heavy (non-hydrogen) atoms. The summed E-state index contributed by atoms with van der Waals surface area (Å²) in [6.07, 6.45) is 21.8. The van der Waals surface area contributed by atoms with Gasteiger partial charge in [0.25, 0.3) is 0 Å². The predicted molar refractivity (Wildman–Crippen MR) is 492 cm³/mol. The number of hydrogen-bond acceptors (Lipinski definition) is 13. The topological polar surface area (TPSA) is 179 Å². The lowest BCUT2D eigenvalue weighted by Crippen LogP contribution is -2.48. The van der Waals surface area contributed by atoms with Crippen LogP contribution in [-0.2, 0) is 73.8 Å². The fraction of sp³-hybridized carbons (Fsp3) is 0.425. The van der Waals surface area contributed by atoms with Crippen molar-refractivity contribution in [3.63, 3.8) is 0 Å². The minimum absolute atomic E-state index is 0.0146. The number of rotatable bonds is 27. The molecule has 5 saturated carbocycles. The Labute approximate surface area is 745 Å². The largest absolute Gasteiger partial charge is 0.744 e. The van der Waals surface area contributed by atoms with E-state index in [1.54, 1.807) is 55.6 Å². The van der Waals surface area contributed by atoms with Crippen LogP contribution < -0.4 is 23.7 Å². The van der Waals surface area contributed by atoms with Gasteiger partial charge in [0, 0.05) is 33.3 Å². The van der Waals surface area contributed by atoms with Gasteiger partial charge in [-0.3, -0.25) is 4.79 Å². The van der Waals surface area contributed by atoms with Crippen LogP contribution in [0.25, 0.3) is 0 Å². The molecule has 0 radical (unpaired) electrons. The summed E-state index contributed by atoms with van der Waals surface area (Å²) in [6.45, 7) is 27.6. The van der Waals surface area contributed by atoms with E-state index >= 15 is 0 Å². The van der Waals surface area contributed by atoms with E-state index in [0.717, 1.165) is 105 Å². The van der Waals surface area contributed by atoms with E-state index in [1.165, 1.54) is 101 Å². The molecule has 5 fully saturated rings. The Kier molecular flexibility index (Phi) is 40.4. The van der Waals surface area contributed by atoms with Crippen LogP contribution in [0.3, 0.4) is 0 Å². The molecule has 0 saturated heterocycles. The first kappa shape index (κ1) is 101. The molecule has 15 rings (SSSR count). The number of phenols is 2. The SMILES string of the molecule is CCc1ccc(O)cc1.CCc1ccc(O)cc1.CCc1ccc(OC(C)=O)cc1.CCc1ccc(OC(CC(C)(C)C)OC2CCC(C(C)(C)C)CC2)cc1.CCc1ccc(OC(CC23CC4CC(CC(C4)C2)C3)OC)cc1.CCc1ccc(OCCCOc2c(F)c(F)c(S(=O)(=O)[O-])c(F)c2F)cc1.c1ccc([S+](c2ccccc2)c2ccccc2)cc1. The molecule has 0 aliphatic heterocycles. The lowest BCUT2D eigenvalue weighted by molar-refractivity contribution is -0.147. The molecule has 5 aliphatic carbocycles. The molecule has 5 aliphatic rings. The molecule has 13 nitrogen and oxygen atoms in total. The Hall–Kier alpha value is -9.63. The van der Waals surface area contributed by atoms with E-state index < -0.39 is 44.0 Å². The van der Waals surface area contributed by atoms with Gasteiger partial charge in [0.05, 0.1) is 30.2 Å². The highest BCUT2D eigenvalue weighted by Gasteiger charge is 2.52. The summed E-state index contributed by atoms with van der Waals surface area (Å²) in [7, 11) is -3.96. The zero-order valence-electron chi connectivity index (χ0n) is 75.6. The average Bonchev–Trinajstić information content (AvgIpc) is 0.758. The fourth-order valence-electron chi connectivity index (χ4n) is 16.6. The highest BCUT2D eigenvalue weighted by molar-refractivity contribution is 7.97. The number of ether oxygens (including phenoxy) is 7. The quantitative estimate of drug-likeness (QED) is 0.00727. The molecule has 10 aromatic rings. The van der Waals surface area contributed by atoms with Crippen molar-refractivity contribution in [2.45, 2.75) is 250 Å². The fourth-order valence-corrected chi connectivity index (χ4v) is 19.3. The third kappa shape index (κ3) is 33.6. The maximum atomic E-state index is 13.7. The van der Waals surface area contributed by atoms with E-state index in [2.05, 4.69) is 220 Å². The molecule has 674 valence electrons. The van der Waals surface area contributed by atoms with E-state index in [-0.39, 0.29) is 54.5 Å². The van der Waals surface area contributed by atoms with Crippen molar-refractivity contribution in [3.05, 3.63) is 293 Å². The van der Waals surface area contributed by atoms with Crippen LogP contribution in [0, 0.1) is 63.2 Å². The standard InChI is InChI=1S/C24H40O2.C21H30O2.C18H15S.C17H16F4O5S.C10H12O2.2C8H10O/c1-8-18-9-13-20(14-10-18)25-22(17-23(2,3)4)26-21-15-11-19(12-16-21)24(5,6)7;1-3-15-4-6-19(7-5-15)23-20(22-2)14-21-11-16-8-17(12-21)10-18(9-16)13-21;1-4-10-16(11-5-1)19(17-12-6-2-7-13-17)18-14-8-3-9-15-18;1-2-10-4-6-11(7-5-10)25-8-3-9-26-16-12(18)14(20)17(27(22,23)24)15(21)13(16)19;1-3-9-4-6-10(7-5-9)12-8(2)11;2*1-2-7-3-5-8(9)6-4-7/h9-10,13-14,19,21-22H,8,11-12,15-17H2,1-7H3;4-7,16-18,20H,3,8-14H2,1-2H3;1-15H;4-7H,2-3,8-9H2,1H3,(H,22,23,24);4-7H,3H2,1-2H3;2*3-6,9H,2H2,1H3/q;;+1;;;;/p-1. The Morgan fingerprint density at radius 3 is 1.13 bits per heavy atom. The highest BCUT2D eigenvalue weighted by atomic mass is 32.2. The zero-order valence-corrected chi connectivity index (χ0v) is 77.3. The van der Waals surface area contributed by atoms with Crippen LogP contribution in [0.4, 0.5) is 17.6 Å². The van der Waals surface area contributed by atoms with Crippen molar-refractivity contribution in [2.24, 2.45) is 39.9 Å². The Morgan fingerprint density at radius 1 is 0.464 bits per heavy atom. The number of hydrogen-bond donors (Lipinski definition) is 2. The number of esters is 1. The van der Waals surface area contributed by atoms with Crippen molar-refractivity contribution in [3.8, 4) is 40.2 Å². The third-order valence-electron chi connectivity index (χ3n) is 23.0. The second-order valence-electron chi connectivity index (χ2n) is 35.0. The molecule has 4 bridgehead atoms. The van der Waals surface area contributed by atoms with Gasteiger partial charge in [-0.15, -0.1) is 0 Å². The summed E-state index contributed by atoms with van der Waals surface area (Å²) < 4.78 is 126. The third-order valence-corrected chi connectivity index (χ3v) is 26.1. The second-order valence-corrected chi connectivity index (χ2v) is 38.3. The van der Waals surface area contributed by atoms with Crippen molar-refractivity contribution in [1.29, 1.82) is 0 Å². The highest BCUT2D eigenvalue weighted by Crippen LogP contribution is 2.62. The van der Waals surface area contributed by atoms with Crippen LogP contribution in [0.5, 0.6) is 40.2 Å².